The van der Waals surface area contributed by atoms with Gasteiger partial charge in [0, 0.05) is 5.69 Å². The lowest BCUT2D eigenvalue weighted by Crippen LogP contribution is -2.22. The van der Waals surface area contributed by atoms with Crippen LogP contribution in [0.2, 0.25) is 0 Å². The van der Waals surface area contributed by atoms with Crippen LogP contribution < -0.4 is 10.0 Å². The summed E-state index contributed by atoms with van der Waals surface area (Å²) in [5.74, 6) is -1.17. The van der Waals surface area contributed by atoms with Gasteiger partial charge in [0.2, 0.25) is 10.0 Å². The fourth-order valence-electron chi connectivity index (χ4n) is 2.37. The number of benzene rings is 2. The predicted molar refractivity (Wildman–Crippen MR) is 102 cm³/mol. The highest BCUT2D eigenvalue weighted by atomic mass is 32.2. The lowest BCUT2D eigenvalue weighted by molar-refractivity contribution is -0.119. The van der Waals surface area contributed by atoms with E-state index < -0.39 is 28.5 Å². The fourth-order valence-corrected chi connectivity index (χ4v) is 3.36. The van der Waals surface area contributed by atoms with Crippen molar-refractivity contribution < 1.29 is 22.7 Å². The maximum absolute atomic E-state index is 12.0. The molecule has 1 amide bonds. The fraction of sp³-hybridized carbons (Fsp3) is 0.263. The number of sulfonamides is 1. The van der Waals surface area contributed by atoms with E-state index in [0.29, 0.717) is 16.8 Å². The molecule has 0 aliphatic carbocycles. The van der Waals surface area contributed by atoms with Gasteiger partial charge in [0.1, 0.15) is 0 Å². The molecule has 0 aliphatic rings. The molecule has 0 radical (unpaired) electrons. The van der Waals surface area contributed by atoms with E-state index in [9.17, 15) is 18.0 Å². The van der Waals surface area contributed by atoms with Gasteiger partial charge >= 0.3 is 5.97 Å². The van der Waals surface area contributed by atoms with Gasteiger partial charge in [-0.3, -0.25) is 4.79 Å². The number of rotatable bonds is 7. The van der Waals surface area contributed by atoms with Crippen molar-refractivity contribution in [2.45, 2.75) is 25.2 Å². The SMILES string of the molecule is CCc1ccc(C(=O)OCC(=O)Nc2ccc(C)c(S(=O)(=O)NC)c2)cc1. The standard InChI is InChI=1S/C19H22N2O5S/c1-4-14-6-8-15(9-7-14)19(23)26-12-18(22)21-16-10-5-13(2)17(11-16)27(24,25)20-3/h5-11,20H,4,12H2,1-3H3,(H,21,22). The number of anilines is 1. The molecule has 2 aromatic rings. The molecule has 7 nitrogen and oxygen atoms in total. The Morgan fingerprint density at radius 2 is 1.74 bits per heavy atom. The lowest BCUT2D eigenvalue weighted by atomic mass is 10.1. The predicted octanol–water partition coefficient (Wildman–Crippen LogP) is 2.26. The second kappa shape index (κ2) is 8.79. The topological polar surface area (TPSA) is 102 Å². The molecular formula is C19H22N2O5S. The van der Waals surface area contributed by atoms with Crippen LogP contribution in [0.5, 0.6) is 0 Å². The maximum atomic E-state index is 12.0. The Balaban J connectivity index is 1.99. The highest BCUT2D eigenvalue weighted by molar-refractivity contribution is 7.89. The van der Waals surface area contributed by atoms with Crippen molar-refractivity contribution in [3.63, 3.8) is 0 Å². The van der Waals surface area contributed by atoms with Crippen LogP contribution in [0.25, 0.3) is 0 Å². The minimum absolute atomic E-state index is 0.0656. The third kappa shape index (κ3) is 5.38. The number of carbonyl (C=O) groups is 2. The summed E-state index contributed by atoms with van der Waals surface area (Å²) in [4.78, 5) is 24.1. The molecule has 144 valence electrons. The molecule has 2 aromatic carbocycles. The largest absolute Gasteiger partial charge is 0.452 e. The third-order valence-electron chi connectivity index (χ3n) is 3.96. The number of hydrogen-bond acceptors (Lipinski definition) is 5. The van der Waals surface area contributed by atoms with E-state index in [-0.39, 0.29) is 4.90 Å². The van der Waals surface area contributed by atoms with Crippen molar-refractivity contribution >= 4 is 27.6 Å². The number of amides is 1. The van der Waals surface area contributed by atoms with Crippen LogP contribution in [-0.2, 0) is 26.0 Å². The molecule has 0 unspecified atom stereocenters. The quantitative estimate of drug-likeness (QED) is 0.706. The van der Waals surface area contributed by atoms with Crippen LogP contribution in [-0.4, -0.2) is 33.9 Å². The lowest BCUT2D eigenvalue weighted by Gasteiger charge is -2.11. The van der Waals surface area contributed by atoms with Crippen molar-refractivity contribution in [3.05, 3.63) is 59.2 Å². The minimum Gasteiger partial charge on any atom is -0.452 e. The molecule has 0 spiro atoms. The van der Waals surface area contributed by atoms with E-state index in [1.165, 1.54) is 13.1 Å². The molecule has 2 N–H and O–H groups in total. The average Bonchev–Trinajstić information content (AvgIpc) is 2.67. The van der Waals surface area contributed by atoms with E-state index in [4.69, 9.17) is 4.74 Å². The van der Waals surface area contributed by atoms with E-state index in [1.54, 1.807) is 31.2 Å². The van der Waals surface area contributed by atoms with Crippen molar-refractivity contribution in [2.75, 3.05) is 19.0 Å². The number of esters is 1. The van der Waals surface area contributed by atoms with Gasteiger partial charge in [-0.1, -0.05) is 25.1 Å². The van der Waals surface area contributed by atoms with E-state index >= 15 is 0 Å². The summed E-state index contributed by atoms with van der Waals surface area (Å²) in [6, 6.07) is 11.5. The Morgan fingerprint density at radius 3 is 2.33 bits per heavy atom. The van der Waals surface area contributed by atoms with Crippen LogP contribution in [0.3, 0.4) is 0 Å². The van der Waals surface area contributed by atoms with E-state index in [2.05, 4.69) is 10.0 Å². The average molecular weight is 390 g/mol. The minimum atomic E-state index is -3.64. The Labute approximate surface area is 158 Å². The molecule has 2 rings (SSSR count). The second-order valence-corrected chi connectivity index (χ2v) is 7.72. The first-order valence-corrected chi connectivity index (χ1v) is 9.85. The van der Waals surface area contributed by atoms with Crippen molar-refractivity contribution in [2.24, 2.45) is 0 Å². The summed E-state index contributed by atoms with van der Waals surface area (Å²) >= 11 is 0. The van der Waals surface area contributed by atoms with Gasteiger partial charge < -0.3 is 10.1 Å². The molecular weight excluding hydrogens is 368 g/mol. The number of nitrogens with one attached hydrogen (secondary N) is 2. The summed E-state index contributed by atoms with van der Waals surface area (Å²) in [7, 11) is -2.33. The molecule has 27 heavy (non-hydrogen) atoms. The number of carbonyl (C=O) groups excluding carboxylic acids is 2. The molecule has 0 saturated heterocycles. The Hall–Kier alpha value is -2.71. The zero-order valence-corrected chi connectivity index (χ0v) is 16.2. The van der Waals surface area contributed by atoms with Crippen molar-refractivity contribution in [3.8, 4) is 0 Å². The summed E-state index contributed by atoms with van der Waals surface area (Å²) < 4.78 is 31.2. The zero-order chi connectivity index (χ0) is 20.0. The molecule has 0 atom stereocenters. The highest BCUT2D eigenvalue weighted by Crippen LogP contribution is 2.20. The van der Waals surface area contributed by atoms with Gasteiger partial charge in [-0.25, -0.2) is 17.9 Å². The number of hydrogen-bond donors (Lipinski definition) is 2. The normalized spacial score (nSPS) is 11.1. The Kier molecular flexibility index (Phi) is 6.70. The van der Waals surface area contributed by atoms with Gasteiger partial charge in [0.25, 0.3) is 5.91 Å². The zero-order valence-electron chi connectivity index (χ0n) is 15.4. The maximum Gasteiger partial charge on any atom is 0.338 e. The highest BCUT2D eigenvalue weighted by Gasteiger charge is 2.16. The molecule has 0 heterocycles. The first-order chi connectivity index (χ1) is 12.8. The van der Waals surface area contributed by atoms with Gasteiger partial charge in [0.15, 0.2) is 6.61 Å². The van der Waals surface area contributed by atoms with Gasteiger partial charge in [-0.15, -0.1) is 0 Å². The molecule has 0 bridgehead atoms. The van der Waals surface area contributed by atoms with Crippen LogP contribution in [0, 0.1) is 6.92 Å². The van der Waals surface area contributed by atoms with Gasteiger partial charge in [0.05, 0.1) is 10.5 Å². The number of aryl methyl sites for hydroxylation is 2. The van der Waals surface area contributed by atoms with E-state index in [0.717, 1.165) is 12.0 Å². The second-order valence-electron chi connectivity index (χ2n) is 5.86. The van der Waals surface area contributed by atoms with E-state index in [1.807, 2.05) is 19.1 Å². The summed E-state index contributed by atoms with van der Waals surface area (Å²) in [6.45, 7) is 3.19. The van der Waals surface area contributed by atoms with Crippen LogP contribution in [0.4, 0.5) is 5.69 Å². The molecule has 8 heteroatoms. The first-order valence-electron chi connectivity index (χ1n) is 8.37. The molecule has 0 aromatic heterocycles. The summed E-state index contributed by atoms with van der Waals surface area (Å²) in [5, 5.41) is 2.52. The molecule has 0 fully saturated rings. The van der Waals surface area contributed by atoms with Gasteiger partial charge in [-0.2, -0.15) is 0 Å². The van der Waals surface area contributed by atoms with Crippen LogP contribution in [0.15, 0.2) is 47.4 Å². The van der Waals surface area contributed by atoms with Crippen molar-refractivity contribution in [1.29, 1.82) is 0 Å². The monoisotopic (exact) mass is 390 g/mol. The molecule has 0 saturated carbocycles. The Bertz CT molecular complexity index is 937. The first kappa shape index (κ1) is 20.6. The van der Waals surface area contributed by atoms with Gasteiger partial charge in [-0.05, 0) is 55.8 Å². The summed E-state index contributed by atoms with van der Waals surface area (Å²) in [6.07, 6.45) is 0.861. The van der Waals surface area contributed by atoms with Crippen LogP contribution in [0.1, 0.15) is 28.4 Å². The Morgan fingerprint density at radius 1 is 1.07 bits per heavy atom. The van der Waals surface area contributed by atoms with Crippen molar-refractivity contribution in [1.82, 2.24) is 4.72 Å². The molecule has 0 aliphatic heterocycles. The van der Waals surface area contributed by atoms with Crippen LogP contribution >= 0.6 is 0 Å². The summed E-state index contributed by atoms with van der Waals surface area (Å²) in [5.41, 5.74) is 2.29. The smallest absolute Gasteiger partial charge is 0.338 e. The third-order valence-corrected chi connectivity index (χ3v) is 5.52. The number of ether oxygens (including phenoxy) is 1.